The Kier molecular flexibility index (Phi) is 11.0. The normalized spacial score (nSPS) is 33.5. The molecule has 2 heterocycles. The fraction of sp³-hybridized carbons (Fsp3) is 0.400. The van der Waals surface area contributed by atoms with E-state index in [-0.39, 0.29) is 0 Å². The van der Waals surface area contributed by atoms with Gasteiger partial charge in [-0.2, -0.15) is 0 Å². The molecule has 12 heteroatoms. The van der Waals surface area contributed by atoms with Gasteiger partial charge in [0.15, 0.2) is 12.4 Å². The smallest absolute Gasteiger partial charge is 0.333 e. The van der Waals surface area contributed by atoms with Crippen molar-refractivity contribution in [1.29, 1.82) is 0 Å². The lowest BCUT2D eigenvalue weighted by atomic mass is 9.98. The van der Waals surface area contributed by atoms with Crippen LogP contribution in [0.25, 0.3) is 12.2 Å². The lowest BCUT2D eigenvalue weighted by Crippen LogP contribution is -2.61. The van der Waals surface area contributed by atoms with Crippen molar-refractivity contribution in [1.82, 2.24) is 0 Å². The minimum absolute atomic E-state index is 0.507. The second kappa shape index (κ2) is 14.6. The molecule has 2 aliphatic rings. The maximum Gasteiger partial charge on any atom is 0.333 e. The molecule has 0 amide bonds. The zero-order chi connectivity index (χ0) is 30.2. The highest BCUT2D eigenvalue weighted by molar-refractivity contribution is 5.87. The summed E-state index contributed by atoms with van der Waals surface area (Å²) < 4.78 is 27.3. The Morgan fingerprint density at radius 3 is 1.81 bits per heavy atom. The number of aliphatic hydroxyl groups excluding tert-OH is 5. The number of carbonyl (C=O) groups excluding carboxylic acids is 2. The van der Waals surface area contributed by atoms with Crippen LogP contribution in [0.4, 0.5) is 0 Å². The monoisotopic (exact) mass is 586 g/mol. The van der Waals surface area contributed by atoms with E-state index in [9.17, 15) is 35.1 Å². The van der Waals surface area contributed by atoms with Gasteiger partial charge in [-0.3, -0.25) is 0 Å². The van der Waals surface area contributed by atoms with Crippen molar-refractivity contribution < 1.29 is 58.8 Å². The van der Waals surface area contributed by atoms with Crippen LogP contribution in [0, 0.1) is 0 Å². The van der Waals surface area contributed by atoms with Crippen LogP contribution in [0.1, 0.15) is 18.1 Å². The summed E-state index contributed by atoms with van der Waals surface area (Å²) in [4.78, 5) is 24.8. The third-order valence-corrected chi connectivity index (χ3v) is 6.79. The van der Waals surface area contributed by atoms with Crippen molar-refractivity contribution in [2.24, 2.45) is 0 Å². The summed E-state index contributed by atoms with van der Waals surface area (Å²) in [5.41, 5.74) is 1.45. The van der Waals surface area contributed by atoms with Crippen molar-refractivity contribution in [2.75, 3.05) is 6.61 Å². The van der Waals surface area contributed by atoms with E-state index in [2.05, 4.69) is 0 Å². The molecular formula is C30H34O12. The second-order valence-corrected chi connectivity index (χ2v) is 9.87. The minimum Gasteiger partial charge on any atom is -0.451 e. The molecule has 12 nitrogen and oxygen atoms in total. The molecule has 2 aromatic carbocycles. The van der Waals surface area contributed by atoms with Gasteiger partial charge in [0.05, 0.1) is 12.7 Å². The van der Waals surface area contributed by atoms with Gasteiger partial charge in [-0.25, -0.2) is 9.59 Å². The molecule has 2 aliphatic heterocycles. The number of aliphatic hydroxyl groups is 5. The number of hydrogen-bond acceptors (Lipinski definition) is 12. The lowest BCUT2D eigenvalue weighted by molar-refractivity contribution is -0.323. The van der Waals surface area contributed by atoms with Gasteiger partial charge in [0.1, 0.15) is 36.6 Å². The predicted octanol–water partition coefficient (Wildman–Crippen LogP) is 0.159. The van der Waals surface area contributed by atoms with Crippen LogP contribution in [0.3, 0.4) is 0 Å². The molecule has 0 saturated carbocycles. The first kappa shape index (κ1) is 31.5. The van der Waals surface area contributed by atoms with Gasteiger partial charge in [0, 0.05) is 12.2 Å². The fourth-order valence-electron chi connectivity index (χ4n) is 4.39. The molecule has 0 aliphatic carbocycles. The highest BCUT2D eigenvalue weighted by Gasteiger charge is 2.48. The van der Waals surface area contributed by atoms with Crippen LogP contribution in [0.15, 0.2) is 72.8 Å². The molecule has 0 spiro atoms. The first-order valence-electron chi connectivity index (χ1n) is 13.3. The molecular weight excluding hydrogens is 552 g/mol. The van der Waals surface area contributed by atoms with E-state index in [4.69, 9.17) is 23.7 Å². The number of esters is 2. The minimum atomic E-state index is -1.77. The van der Waals surface area contributed by atoms with Crippen LogP contribution in [0.5, 0.6) is 0 Å². The molecule has 4 rings (SSSR count). The second-order valence-electron chi connectivity index (χ2n) is 9.87. The standard InChI is InChI=1S/C30H34O12/c1-17-23(33)26(36)28(41-21(31)14-12-18-8-4-2-5-9-18)30(39-17)38-16-20-24(34)25(35)27(37)29(40-20)42-22(32)15-13-19-10-6-3-7-11-19/h2-15,17,20,23-30,33-37H,16H2,1H3. The quantitative estimate of drug-likeness (QED) is 0.199. The fourth-order valence-corrected chi connectivity index (χ4v) is 4.39. The molecule has 2 aromatic rings. The summed E-state index contributed by atoms with van der Waals surface area (Å²) in [5, 5.41) is 52.1. The SMILES string of the molecule is CC1OC(OCC2OC(OC(=O)C=Cc3ccccc3)C(O)C(O)C2O)C(OC(=O)C=Cc2ccccc2)C(O)C1O. The molecule has 0 radical (unpaired) electrons. The molecule has 2 saturated heterocycles. The van der Waals surface area contributed by atoms with E-state index in [1.807, 2.05) is 12.1 Å². The summed E-state index contributed by atoms with van der Waals surface area (Å²) in [6.45, 7) is 0.967. The van der Waals surface area contributed by atoms with Gasteiger partial charge in [-0.05, 0) is 30.2 Å². The number of carbonyl (C=O) groups is 2. The molecule has 10 atom stereocenters. The van der Waals surface area contributed by atoms with Gasteiger partial charge >= 0.3 is 11.9 Å². The van der Waals surface area contributed by atoms with Crippen LogP contribution in [-0.4, -0.2) is 105 Å². The number of hydrogen-bond donors (Lipinski definition) is 5. The molecule has 2 fully saturated rings. The molecule has 10 unspecified atom stereocenters. The maximum atomic E-state index is 12.5. The number of rotatable bonds is 9. The van der Waals surface area contributed by atoms with E-state index in [1.165, 1.54) is 19.1 Å². The zero-order valence-corrected chi connectivity index (χ0v) is 22.7. The average molecular weight is 587 g/mol. The number of benzene rings is 2. The largest absolute Gasteiger partial charge is 0.451 e. The third-order valence-electron chi connectivity index (χ3n) is 6.79. The summed E-state index contributed by atoms with van der Waals surface area (Å²) in [6, 6.07) is 17.8. The van der Waals surface area contributed by atoms with E-state index in [1.54, 1.807) is 48.5 Å². The Balaban J connectivity index is 1.39. The highest BCUT2D eigenvalue weighted by Crippen LogP contribution is 2.27. The van der Waals surface area contributed by atoms with Gasteiger partial charge in [0.25, 0.3) is 0 Å². The van der Waals surface area contributed by atoms with Crippen LogP contribution < -0.4 is 0 Å². The van der Waals surface area contributed by atoms with E-state index in [0.717, 1.165) is 23.3 Å². The Morgan fingerprint density at radius 2 is 1.24 bits per heavy atom. The van der Waals surface area contributed by atoms with Crippen LogP contribution in [0.2, 0.25) is 0 Å². The van der Waals surface area contributed by atoms with E-state index in [0.29, 0.717) is 0 Å². The Morgan fingerprint density at radius 1 is 0.690 bits per heavy atom. The summed E-state index contributed by atoms with van der Waals surface area (Å²) >= 11 is 0. The summed E-state index contributed by atoms with van der Waals surface area (Å²) in [7, 11) is 0. The Labute approximate surface area is 242 Å². The van der Waals surface area contributed by atoms with Gasteiger partial charge < -0.3 is 49.2 Å². The van der Waals surface area contributed by atoms with Crippen LogP contribution >= 0.6 is 0 Å². The first-order valence-corrected chi connectivity index (χ1v) is 13.3. The molecule has 42 heavy (non-hydrogen) atoms. The molecule has 226 valence electrons. The van der Waals surface area contributed by atoms with Gasteiger partial charge in [-0.15, -0.1) is 0 Å². The predicted molar refractivity (Wildman–Crippen MR) is 146 cm³/mol. The Bertz CT molecular complexity index is 1220. The highest BCUT2D eigenvalue weighted by atomic mass is 16.7. The average Bonchev–Trinajstić information content (AvgIpc) is 3.00. The first-order chi connectivity index (χ1) is 20.1. The summed E-state index contributed by atoms with van der Waals surface area (Å²) in [6.07, 6.45) is -9.73. The van der Waals surface area contributed by atoms with Gasteiger partial charge in [0.2, 0.25) is 6.29 Å². The lowest BCUT2D eigenvalue weighted by Gasteiger charge is -2.42. The third kappa shape index (κ3) is 8.09. The van der Waals surface area contributed by atoms with E-state index >= 15 is 0 Å². The molecule has 0 bridgehead atoms. The Hall–Kier alpha value is -3.46. The van der Waals surface area contributed by atoms with Crippen molar-refractivity contribution in [2.45, 2.75) is 68.3 Å². The van der Waals surface area contributed by atoms with Crippen molar-refractivity contribution in [3.05, 3.63) is 83.9 Å². The van der Waals surface area contributed by atoms with E-state index < -0.39 is 80.0 Å². The van der Waals surface area contributed by atoms with Gasteiger partial charge in [-0.1, -0.05) is 60.7 Å². The maximum absolute atomic E-state index is 12.5. The summed E-state index contributed by atoms with van der Waals surface area (Å²) in [5.74, 6) is -1.71. The topological polar surface area (TPSA) is 181 Å². The molecule has 5 N–H and O–H groups in total. The van der Waals surface area contributed by atoms with Crippen molar-refractivity contribution in [3.8, 4) is 0 Å². The van der Waals surface area contributed by atoms with Crippen molar-refractivity contribution in [3.63, 3.8) is 0 Å². The molecule has 0 aromatic heterocycles. The van der Waals surface area contributed by atoms with Crippen molar-refractivity contribution >= 4 is 24.1 Å². The number of ether oxygens (including phenoxy) is 5. The van der Waals surface area contributed by atoms with Crippen LogP contribution in [-0.2, 0) is 33.3 Å². The zero-order valence-electron chi connectivity index (χ0n) is 22.7.